The molecule has 0 bridgehead atoms. The normalized spacial score (nSPS) is 18.2. The van der Waals surface area contributed by atoms with E-state index in [1.54, 1.807) is 6.07 Å². The molecule has 210 valence electrons. The van der Waals surface area contributed by atoms with Crippen molar-refractivity contribution in [3.05, 3.63) is 86.6 Å². The molecule has 2 aromatic carbocycles. The molecule has 3 atom stereocenters. The summed E-state index contributed by atoms with van der Waals surface area (Å²) in [5.41, 5.74) is 2.89. The maximum absolute atomic E-state index is 13.7. The first-order valence-corrected chi connectivity index (χ1v) is 11.9. The predicted octanol–water partition coefficient (Wildman–Crippen LogP) is 4.26. The van der Waals surface area contributed by atoms with Gasteiger partial charge in [0.2, 0.25) is 11.7 Å². The molecule has 0 spiro atoms. The molecule has 15 heteroatoms. The Labute approximate surface area is 227 Å². The molecule has 1 amide bonds. The molecule has 1 fully saturated rings. The molecule has 1 aromatic heterocycles. The molecular weight excluding hydrogens is 565 g/mol. The van der Waals surface area contributed by atoms with Crippen molar-refractivity contribution in [1.29, 1.82) is 5.26 Å². The second-order valence-corrected chi connectivity index (χ2v) is 9.27. The lowest BCUT2D eigenvalue weighted by Crippen LogP contribution is -2.51. The summed E-state index contributed by atoms with van der Waals surface area (Å²) in [6.45, 7) is -0.370. The molecule has 1 aliphatic heterocycles. The van der Waals surface area contributed by atoms with E-state index in [-0.39, 0.29) is 34.9 Å². The van der Waals surface area contributed by atoms with Gasteiger partial charge in [0.25, 0.3) is 12.0 Å². The van der Waals surface area contributed by atoms with Crippen LogP contribution in [0.25, 0.3) is 0 Å². The summed E-state index contributed by atoms with van der Waals surface area (Å²) in [7, 11) is 0. The average molecular weight is 584 g/mol. The van der Waals surface area contributed by atoms with Crippen molar-refractivity contribution in [3.63, 3.8) is 0 Å². The van der Waals surface area contributed by atoms with Gasteiger partial charge in [0.15, 0.2) is 5.69 Å². The highest BCUT2D eigenvalue weighted by Gasteiger charge is 2.39. The number of hydrogen-bond acceptors (Lipinski definition) is 7. The number of amides is 1. The predicted molar refractivity (Wildman–Crippen MR) is 129 cm³/mol. The van der Waals surface area contributed by atoms with Crippen molar-refractivity contribution in [2.75, 3.05) is 0 Å². The molecule has 0 radical (unpaired) electrons. The van der Waals surface area contributed by atoms with Crippen LogP contribution in [0, 0.1) is 17.2 Å². The number of ether oxygens (including phenoxy) is 1. The molecule has 2 heterocycles. The van der Waals surface area contributed by atoms with E-state index in [0.717, 1.165) is 16.7 Å². The smallest absolute Gasteiger partial charge is 0.437 e. The lowest BCUT2D eigenvalue weighted by Gasteiger charge is -2.31. The second-order valence-electron chi connectivity index (χ2n) is 8.83. The number of benzene rings is 2. The van der Waals surface area contributed by atoms with Crippen molar-refractivity contribution < 1.29 is 36.6 Å². The summed E-state index contributed by atoms with van der Waals surface area (Å²) >= 11 is 5.89. The van der Waals surface area contributed by atoms with E-state index in [0.29, 0.717) is 11.9 Å². The number of aliphatic hydroxyl groups excluding tert-OH is 1. The van der Waals surface area contributed by atoms with Gasteiger partial charge in [-0.05, 0) is 35.7 Å². The Morgan fingerprint density at radius 3 is 2.52 bits per heavy atom. The zero-order valence-corrected chi connectivity index (χ0v) is 20.9. The maximum Gasteiger partial charge on any atom is 0.437 e. The van der Waals surface area contributed by atoms with Gasteiger partial charge in [-0.1, -0.05) is 35.9 Å². The van der Waals surface area contributed by atoms with Crippen LogP contribution < -0.4 is 21.1 Å². The van der Waals surface area contributed by atoms with Gasteiger partial charge in [-0.2, -0.15) is 18.4 Å². The monoisotopic (exact) mass is 583 g/mol. The number of carbonyl (C=O) groups excluding carboxylic acids is 1. The summed E-state index contributed by atoms with van der Waals surface area (Å²) in [5, 5.41) is 18.6. The molecule has 4 rings (SSSR count). The highest BCUT2D eigenvalue weighted by atomic mass is 35.5. The third-order valence-corrected chi connectivity index (χ3v) is 6.30. The topological polar surface area (TPSA) is 129 Å². The molecule has 3 N–H and O–H groups in total. The van der Waals surface area contributed by atoms with Crippen molar-refractivity contribution >= 4 is 17.5 Å². The maximum atomic E-state index is 13.7. The van der Waals surface area contributed by atoms with Crippen molar-refractivity contribution in [2.45, 2.75) is 37.7 Å². The van der Waals surface area contributed by atoms with Gasteiger partial charge >= 0.3 is 6.18 Å². The molecular formula is C25H19ClF5N5O4. The third-order valence-electron chi connectivity index (χ3n) is 6.08. The molecule has 3 unspecified atom stereocenters. The van der Waals surface area contributed by atoms with Crippen LogP contribution in [0.5, 0.6) is 11.5 Å². The Morgan fingerprint density at radius 2 is 1.90 bits per heavy atom. The minimum Gasteiger partial charge on any atom is -0.449 e. The van der Waals surface area contributed by atoms with Crippen LogP contribution in [0.1, 0.15) is 41.0 Å². The lowest BCUT2D eigenvalue weighted by molar-refractivity contribution is -0.142. The van der Waals surface area contributed by atoms with Gasteiger partial charge in [-0.25, -0.2) is 19.2 Å². The minimum atomic E-state index is -5.06. The molecule has 40 heavy (non-hydrogen) atoms. The van der Waals surface area contributed by atoms with Crippen LogP contribution in [0.15, 0.2) is 53.6 Å². The fraction of sp³-hybridized carbons (Fsp3) is 0.280. The number of hydrogen-bond donors (Lipinski definition) is 3. The van der Waals surface area contributed by atoms with Crippen LogP contribution in [0.4, 0.5) is 22.0 Å². The fourth-order valence-corrected chi connectivity index (χ4v) is 4.32. The van der Waals surface area contributed by atoms with Crippen molar-refractivity contribution in [1.82, 2.24) is 20.4 Å². The second kappa shape index (κ2) is 11.6. The third kappa shape index (κ3) is 6.39. The first kappa shape index (κ1) is 28.9. The number of alkyl halides is 5. The molecule has 3 aromatic rings. The number of carbonyl (C=O) groups is 1. The number of aliphatic hydroxyl groups is 1. The van der Waals surface area contributed by atoms with Gasteiger partial charge in [0.1, 0.15) is 11.9 Å². The SMILES string of the molecule is N#Cc1cc(Cl)cc(Oc2c(C(F)(F)F)ncn(CC3CC(c4ccc(C(O)C(F)F)cc4)NNC3=O)c2=O)c1. The van der Waals surface area contributed by atoms with Gasteiger partial charge in [-0.3, -0.25) is 19.6 Å². The van der Waals surface area contributed by atoms with Gasteiger partial charge in [0.05, 0.1) is 29.9 Å². The van der Waals surface area contributed by atoms with Crippen LogP contribution in [0.3, 0.4) is 0 Å². The van der Waals surface area contributed by atoms with Crippen LogP contribution in [-0.4, -0.2) is 27.0 Å². The van der Waals surface area contributed by atoms with Gasteiger partial charge in [-0.15, -0.1) is 0 Å². The molecule has 0 saturated carbocycles. The van der Waals surface area contributed by atoms with E-state index in [1.807, 2.05) is 0 Å². The number of nitrogens with zero attached hydrogens (tertiary/aromatic N) is 3. The number of nitriles is 1. The Hall–Kier alpha value is -4.06. The zero-order chi connectivity index (χ0) is 29.2. The summed E-state index contributed by atoms with van der Waals surface area (Å²) in [6, 6.07) is 10.3. The van der Waals surface area contributed by atoms with E-state index in [1.165, 1.54) is 30.3 Å². The summed E-state index contributed by atoms with van der Waals surface area (Å²) in [6.07, 6.45) is -9.27. The average Bonchev–Trinajstić information content (AvgIpc) is 2.90. The number of nitrogens with one attached hydrogen (secondary N) is 2. The van der Waals surface area contributed by atoms with Crippen LogP contribution >= 0.6 is 11.6 Å². The molecule has 0 aliphatic carbocycles. The summed E-state index contributed by atoms with van der Waals surface area (Å²) in [5.74, 6) is -2.94. The van der Waals surface area contributed by atoms with E-state index >= 15 is 0 Å². The Kier molecular flexibility index (Phi) is 8.38. The van der Waals surface area contributed by atoms with E-state index in [2.05, 4.69) is 15.8 Å². The van der Waals surface area contributed by atoms with Crippen LogP contribution in [0.2, 0.25) is 5.02 Å². The Morgan fingerprint density at radius 1 is 1.20 bits per heavy atom. The standard InChI is InChI=1S/C25H19ClF5N5O4/c26-16-5-12(9-32)6-17(8-16)40-20-21(25(29,30)31)33-11-36(24(20)39)10-15-7-18(34-35-23(15)38)13-1-3-14(4-2-13)19(37)22(27)28/h1-6,8,11,15,18-19,22,34,37H,7,10H2,(H,35,38). The molecule has 1 saturated heterocycles. The molecule has 9 nitrogen and oxygen atoms in total. The Balaban J connectivity index is 1.61. The quantitative estimate of drug-likeness (QED) is 0.355. The zero-order valence-electron chi connectivity index (χ0n) is 20.1. The summed E-state index contributed by atoms with van der Waals surface area (Å²) in [4.78, 5) is 29.0. The van der Waals surface area contributed by atoms with E-state index in [9.17, 15) is 36.6 Å². The van der Waals surface area contributed by atoms with Crippen LogP contribution in [-0.2, 0) is 17.5 Å². The highest BCUT2D eigenvalue weighted by molar-refractivity contribution is 6.30. The first-order chi connectivity index (χ1) is 18.9. The molecule has 1 aliphatic rings. The lowest BCUT2D eigenvalue weighted by atomic mass is 9.92. The van der Waals surface area contributed by atoms with Gasteiger partial charge < -0.3 is 9.84 Å². The first-order valence-electron chi connectivity index (χ1n) is 11.5. The van der Waals surface area contributed by atoms with E-state index < -0.39 is 53.6 Å². The van der Waals surface area contributed by atoms with Crippen molar-refractivity contribution in [2.24, 2.45) is 5.92 Å². The Bertz CT molecular complexity index is 1510. The van der Waals surface area contributed by atoms with Gasteiger partial charge in [0, 0.05) is 11.6 Å². The minimum absolute atomic E-state index is 0.00773. The van der Waals surface area contributed by atoms with Crippen molar-refractivity contribution in [3.8, 4) is 17.6 Å². The number of aromatic nitrogens is 2. The number of hydrazine groups is 1. The summed E-state index contributed by atoms with van der Waals surface area (Å²) < 4.78 is 72.6. The number of halogens is 6. The largest absolute Gasteiger partial charge is 0.449 e. The number of rotatable bonds is 7. The fourth-order valence-electron chi connectivity index (χ4n) is 4.09. The van der Waals surface area contributed by atoms with E-state index in [4.69, 9.17) is 21.6 Å². The highest BCUT2D eigenvalue weighted by Crippen LogP contribution is 2.35.